The smallest absolute Gasteiger partial charge is 0.244 e. The Morgan fingerprint density at radius 3 is 2.64 bits per heavy atom. The third-order valence-corrected chi connectivity index (χ3v) is 3.51. The Morgan fingerprint density at radius 1 is 1.14 bits per heavy atom. The summed E-state index contributed by atoms with van der Waals surface area (Å²) in [7, 11) is 0. The van der Waals surface area contributed by atoms with Crippen LogP contribution < -0.4 is 5.43 Å². The van der Waals surface area contributed by atoms with Crippen LogP contribution in [0.4, 0.5) is 0 Å². The second-order valence-corrected chi connectivity index (χ2v) is 5.45. The molecule has 0 bridgehead atoms. The van der Waals surface area contributed by atoms with Crippen LogP contribution in [0.5, 0.6) is 5.75 Å². The number of rotatable bonds is 4. The number of hydrazone groups is 1. The van der Waals surface area contributed by atoms with Gasteiger partial charge in [0, 0.05) is 5.56 Å². The van der Waals surface area contributed by atoms with Crippen LogP contribution in [0, 0.1) is 20.8 Å². The first-order chi connectivity index (χ1) is 10.5. The van der Waals surface area contributed by atoms with Crippen LogP contribution in [-0.2, 0) is 11.2 Å². The Hall–Kier alpha value is -2.62. The molecule has 2 aromatic rings. The Balaban J connectivity index is 1.96. The number of carbonyl (C=O) groups is 1. The van der Waals surface area contributed by atoms with Crippen molar-refractivity contribution in [3.63, 3.8) is 0 Å². The summed E-state index contributed by atoms with van der Waals surface area (Å²) in [6, 6.07) is 11.2. The molecule has 4 heteroatoms. The molecule has 2 aromatic carbocycles. The quantitative estimate of drug-likeness (QED) is 0.673. The number of amides is 1. The van der Waals surface area contributed by atoms with Gasteiger partial charge in [-0.2, -0.15) is 5.10 Å². The van der Waals surface area contributed by atoms with Gasteiger partial charge in [-0.1, -0.05) is 29.8 Å². The number of hydrogen-bond acceptors (Lipinski definition) is 3. The molecule has 114 valence electrons. The zero-order chi connectivity index (χ0) is 16.1. The molecular weight excluding hydrogens is 276 g/mol. The zero-order valence-corrected chi connectivity index (χ0v) is 13.1. The van der Waals surface area contributed by atoms with Gasteiger partial charge in [0.25, 0.3) is 0 Å². The van der Waals surface area contributed by atoms with Crippen molar-refractivity contribution >= 4 is 12.1 Å². The highest BCUT2D eigenvalue weighted by Crippen LogP contribution is 2.15. The number of carbonyl (C=O) groups excluding carboxylic acids is 1. The van der Waals surface area contributed by atoms with E-state index >= 15 is 0 Å². The van der Waals surface area contributed by atoms with Crippen molar-refractivity contribution in [3.8, 4) is 5.75 Å². The molecule has 0 atom stereocenters. The summed E-state index contributed by atoms with van der Waals surface area (Å²) in [6.07, 6.45) is 1.72. The van der Waals surface area contributed by atoms with Gasteiger partial charge in [0.2, 0.25) is 5.91 Å². The normalized spacial score (nSPS) is 10.9. The van der Waals surface area contributed by atoms with Crippen molar-refractivity contribution in [2.45, 2.75) is 27.2 Å². The van der Waals surface area contributed by atoms with Gasteiger partial charge < -0.3 is 5.11 Å². The first kappa shape index (κ1) is 15.8. The monoisotopic (exact) mass is 296 g/mol. The molecule has 0 unspecified atom stereocenters. The fourth-order valence-electron chi connectivity index (χ4n) is 2.09. The average Bonchev–Trinajstić information content (AvgIpc) is 2.46. The summed E-state index contributed by atoms with van der Waals surface area (Å²) in [5, 5.41) is 13.6. The molecule has 0 aliphatic rings. The Kier molecular flexibility index (Phi) is 4.94. The molecule has 0 radical (unpaired) electrons. The van der Waals surface area contributed by atoms with Gasteiger partial charge in [0.15, 0.2) is 0 Å². The highest BCUT2D eigenvalue weighted by Gasteiger charge is 2.04. The van der Waals surface area contributed by atoms with Gasteiger partial charge in [-0.25, -0.2) is 5.43 Å². The summed E-state index contributed by atoms with van der Waals surface area (Å²) < 4.78 is 0. The minimum Gasteiger partial charge on any atom is -0.507 e. The van der Waals surface area contributed by atoms with E-state index in [0.717, 1.165) is 11.1 Å². The number of phenols is 1. The number of aromatic hydroxyl groups is 1. The predicted octanol–water partition coefficient (Wildman–Crippen LogP) is 3.01. The molecule has 2 N–H and O–H groups in total. The lowest BCUT2D eigenvalue weighted by molar-refractivity contribution is -0.120. The molecule has 0 saturated heterocycles. The van der Waals surface area contributed by atoms with Crippen LogP contribution in [0.25, 0.3) is 0 Å². The second kappa shape index (κ2) is 6.89. The fourth-order valence-corrected chi connectivity index (χ4v) is 2.09. The van der Waals surface area contributed by atoms with Gasteiger partial charge in [-0.15, -0.1) is 0 Å². The molecule has 0 spiro atoms. The lowest BCUT2D eigenvalue weighted by Gasteiger charge is -2.04. The largest absolute Gasteiger partial charge is 0.507 e. The van der Waals surface area contributed by atoms with Gasteiger partial charge in [-0.3, -0.25) is 4.79 Å². The molecule has 0 fully saturated rings. The molecule has 0 saturated carbocycles. The zero-order valence-electron chi connectivity index (χ0n) is 13.1. The summed E-state index contributed by atoms with van der Waals surface area (Å²) in [5.41, 5.74) is 7.39. The van der Waals surface area contributed by atoms with E-state index < -0.39 is 0 Å². The summed E-state index contributed by atoms with van der Waals surface area (Å²) in [5.74, 6) is -0.0515. The van der Waals surface area contributed by atoms with Crippen molar-refractivity contribution in [2.24, 2.45) is 5.10 Å². The maximum atomic E-state index is 11.9. The molecule has 22 heavy (non-hydrogen) atoms. The standard InChI is InChI=1S/C18H20N2O2/c1-12-4-7-17(21)16(8-12)11-19-20-18(22)10-15-6-5-13(2)14(3)9-15/h4-9,11,21H,10H2,1-3H3,(H,20,22)/b19-11+. The topological polar surface area (TPSA) is 61.7 Å². The van der Waals surface area contributed by atoms with E-state index in [9.17, 15) is 9.90 Å². The van der Waals surface area contributed by atoms with Gasteiger partial charge in [0.05, 0.1) is 12.6 Å². The molecule has 2 rings (SSSR count). The maximum Gasteiger partial charge on any atom is 0.244 e. The molecular formula is C18H20N2O2. The van der Waals surface area contributed by atoms with Crippen molar-refractivity contribution < 1.29 is 9.90 Å². The van der Waals surface area contributed by atoms with Gasteiger partial charge in [0.1, 0.15) is 5.75 Å². The highest BCUT2D eigenvalue weighted by atomic mass is 16.3. The SMILES string of the molecule is Cc1ccc(O)c(/C=N/NC(=O)Cc2ccc(C)c(C)c2)c1. The number of hydrogen-bond donors (Lipinski definition) is 2. The first-order valence-electron chi connectivity index (χ1n) is 7.13. The number of phenolic OH excluding ortho intramolecular Hbond substituents is 1. The third kappa shape index (κ3) is 4.19. The van der Waals surface area contributed by atoms with E-state index in [2.05, 4.69) is 10.5 Å². The van der Waals surface area contributed by atoms with Crippen molar-refractivity contribution in [1.82, 2.24) is 5.43 Å². The van der Waals surface area contributed by atoms with Gasteiger partial charge >= 0.3 is 0 Å². The maximum absolute atomic E-state index is 11.9. The van der Waals surface area contributed by atoms with Crippen molar-refractivity contribution in [1.29, 1.82) is 0 Å². The number of nitrogens with one attached hydrogen (secondary N) is 1. The lowest BCUT2D eigenvalue weighted by Crippen LogP contribution is -2.19. The Bertz CT molecular complexity index is 721. The van der Waals surface area contributed by atoms with E-state index in [1.54, 1.807) is 12.1 Å². The van der Waals surface area contributed by atoms with Crippen LogP contribution in [0.3, 0.4) is 0 Å². The average molecular weight is 296 g/mol. The number of aryl methyl sites for hydroxylation is 3. The van der Waals surface area contributed by atoms with E-state index in [1.807, 2.05) is 45.0 Å². The fraction of sp³-hybridized carbons (Fsp3) is 0.222. The van der Waals surface area contributed by atoms with Crippen LogP contribution in [0.2, 0.25) is 0 Å². The Morgan fingerprint density at radius 2 is 1.91 bits per heavy atom. The van der Waals surface area contributed by atoms with E-state index in [-0.39, 0.29) is 18.1 Å². The predicted molar refractivity (Wildman–Crippen MR) is 88.2 cm³/mol. The van der Waals surface area contributed by atoms with Crippen molar-refractivity contribution in [2.75, 3.05) is 0 Å². The van der Waals surface area contributed by atoms with E-state index in [1.165, 1.54) is 17.3 Å². The third-order valence-electron chi connectivity index (χ3n) is 3.51. The molecule has 0 aliphatic heterocycles. The Labute approximate surface area is 130 Å². The number of benzene rings is 2. The van der Waals surface area contributed by atoms with Crippen LogP contribution in [-0.4, -0.2) is 17.2 Å². The van der Waals surface area contributed by atoms with Crippen LogP contribution in [0.15, 0.2) is 41.5 Å². The van der Waals surface area contributed by atoms with Crippen LogP contribution >= 0.6 is 0 Å². The summed E-state index contributed by atoms with van der Waals surface area (Å²) in [6.45, 7) is 5.99. The second-order valence-electron chi connectivity index (χ2n) is 5.45. The summed E-state index contributed by atoms with van der Waals surface area (Å²) in [4.78, 5) is 11.9. The van der Waals surface area contributed by atoms with E-state index in [0.29, 0.717) is 5.56 Å². The summed E-state index contributed by atoms with van der Waals surface area (Å²) >= 11 is 0. The molecule has 4 nitrogen and oxygen atoms in total. The highest BCUT2D eigenvalue weighted by molar-refractivity contribution is 5.85. The molecule has 0 aromatic heterocycles. The van der Waals surface area contributed by atoms with E-state index in [4.69, 9.17) is 0 Å². The number of nitrogens with zero attached hydrogens (tertiary/aromatic N) is 1. The van der Waals surface area contributed by atoms with Crippen LogP contribution in [0.1, 0.15) is 27.8 Å². The first-order valence-corrected chi connectivity index (χ1v) is 7.13. The van der Waals surface area contributed by atoms with Crippen molar-refractivity contribution in [3.05, 3.63) is 64.2 Å². The van der Waals surface area contributed by atoms with Gasteiger partial charge in [-0.05, 0) is 49.6 Å². The molecule has 0 heterocycles. The lowest BCUT2D eigenvalue weighted by atomic mass is 10.0. The minimum absolute atomic E-state index is 0.137. The molecule has 0 aliphatic carbocycles. The minimum atomic E-state index is -0.188. The molecule has 1 amide bonds.